The molecular weight excluding hydrogens is 252 g/mol. The fourth-order valence-electron chi connectivity index (χ4n) is 7.16. The van der Waals surface area contributed by atoms with Crippen molar-refractivity contribution < 1.29 is 0 Å². The first kappa shape index (κ1) is 14.3. The Morgan fingerprint density at radius 1 is 0.905 bits per heavy atom. The topological polar surface area (TPSA) is 0 Å². The van der Waals surface area contributed by atoms with Crippen molar-refractivity contribution in [3.05, 3.63) is 11.6 Å². The molecule has 0 aromatic carbocycles. The second-order valence-corrected chi connectivity index (χ2v) is 9.56. The molecule has 4 aliphatic rings. The first-order chi connectivity index (χ1) is 9.95. The van der Waals surface area contributed by atoms with E-state index < -0.39 is 0 Å². The van der Waals surface area contributed by atoms with Crippen LogP contribution in [0.3, 0.4) is 0 Å². The normalized spacial score (nSPS) is 56.2. The minimum atomic E-state index is 0.572. The lowest BCUT2D eigenvalue weighted by Crippen LogP contribution is -2.50. The zero-order valence-corrected chi connectivity index (χ0v) is 14.6. The minimum absolute atomic E-state index is 0.572. The summed E-state index contributed by atoms with van der Waals surface area (Å²) in [5.74, 6) is 4.91. The maximum atomic E-state index is 2.67. The van der Waals surface area contributed by atoms with Crippen molar-refractivity contribution in [3.63, 3.8) is 0 Å². The van der Waals surface area contributed by atoms with Gasteiger partial charge in [0.25, 0.3) is 0 Å². The number of allylic oxidation sites excluding steroid dienone is 2. The Morgan fingerprint density at radius 2 is 1.71 bits per heavy atom. The van der Waals surface area contributed by atoms with Crippen molar-refractivity contribution in [2.24, 2.45) is 40.4 Å². The molecule has 0 spiro atoms. The highest BCUT2D eigenvalue weighted by molar-refractivity contribution is 5.24. The highest BCUT2D eigenvalue weighted by Crippen LogP contribution is 2.66. The molecule has 0 heterocycles. The molecule has 0 radical (unpaired) electrons. The lowest BCUT2D eigenvalue weighted by molar-refractivity contribution is -0.0500. The van der Waals surface area contributed by atoms with Gasteiger partial charge in [0.1, 0.15) is 0 Å². The van der Waals surface area contributed by atoms with Gasteiger partial charge in [-0.25, -0.2) is 0 Å². The summed E-state index contributed by atoms with van der Waals surface area (Å²) in [6, 6.07) is 0. The maximum Gasteiger partial charge on any atom is -0.00851 e. The molecule has 4 aliphatic carbocycles. The van der Waals surface area contributed by atoms with Crippen LogP contribution in [0.25, 0.3) is 0 Å². The third-order valence-corrected chi connectivity index (χ3v) is 8.81. The monoisotopic (exact) mass is 286 g/mol. The lowest BCUT2D eigenvalue weighted by Gasteiger charge is -2.58. The molecule has 118 valence electrons. The summed E-state index contributed by atoms with van der Waals surface area (Å²) in [6.45, 7) is 10.2. The van der Waals surface area contributed by atoms with E-state index in [0.29, 0.717) is 10.8 Å². The second-order valence-electron chi connectivity index (χ2n) is 9.56. The highest BCUT2D eigenvalue weighted by Gasteiger charge is 2.57. The molecule has 3 fully saturated rings. The van der Waals surface area contributed by atoms with E-state index in [1.165, 1.54) is 51.4 Å². The molecule has 0 heteroatoms. The van der Waals surface area contributed by atoms with Crippen LogP contribution < -0.4 is 0 Å². The predicted octanol–water partition coefficient (Wildman–Crippen LogP) is 6.22. The fraction of sp³-hybridized carbons (Fsp3) is 0.905. The molecule has 0 nitrogen and oxygen atoms in total. The minimum Gasteiger partial charge on any atom is -0.0819 e. The third-order valence-electron chi connectivity index (χ3n) is 8.81. The van der Waals surface area contributed by atoms with Gasteiger partial charge >= 0.3 is 0 Å². The van der Waals surface area contributed by atoms with E-state index in [9.17, 15) is 0 Å². The van der Waals surface area contributed by atoms with Gasteiger partial charge in [0.2, 0.25) is 0 Å². The van der Waals surface area contributed by atoms with Gasteiger partial charge in [-0.05, 0) is 91.8 Å². The van der Waals surface area contributed by atoms with Crippen molar-refractivity contribution in [2.45, 2.75) is 79.1 Å². The first-order valence-corrected chi connectivity index (χ1v) is 9.66. The number of hydrogen-bond donors (Lipinski definition) is 0. The molecule has 0 aromatic heterocycles. The largest absolute Gasteiger partial charge is 0.0819 e. The summed E-state index contributed by atoms with van der Waals surface area (Å²) >= 11 is 0. The Kier molecular flexibility index (Phi) is 3.15. The van der Waals surface area contributed by atoms with E-state index in [-0.39, 0.29) is 0 Å². The van der Waals surface area contributed by atoms with E-state index in [2.05, 4.69) is 33.8 Å². The van der Waals surface area contributed by atoms with Crippen LogP contribution >= 0.6 is 0 Å². The van der Waals surface area contributed by atoms with Crippen molar-refractivity contribution in [2.75, 3.05) is 0 Å². The molecule has 6 unspecified atom stereocenters. The Morgan fingerprint density at radius 3 is 2.52 bits per heavy atom. The van der Waals surface area contributed by atoms with Crippen LogP contribution in [0.15, 0.2) is 11.6 Å². The van der Waals surface area contributed by atoms with E-state index in [1.807, 2.05) is 5.57 Å². The zero-order chi connectivity index (χ0) is 14.8. The third kappa shape index (κ3) is 1.86. The molecule has 0 amide bonds. The van der Waals surface area contributed by atoms with Crippen molar-refractivity contribution in [3.8, 4) is 0 Å². The van der Waals surface area contributed by atoms with E-state index in [4.69, 9.17) is 0 Å². The van der Waals surface area contributed by atoms with Crippen LogP contribution in [0.4, 0.5) is 0 Å². The first-order valence-electron chi connectivity index (χ1n) is 9.66. The number of fused-ring (bicyclic) bond motifs is 5. The second kappa shape index (κ2) is 4.62. The summed E-state index contributed by atoms with van der Waals surface area (Å²) in [6.07, 6.45) is 14.6. The highest BCUT2D eigenvalue weighted by atomic mass is 14.6. The Hall–Kier alpha value is -0.260. The summed E-state index contributed by atoms with van der Waals surface area (Å²) in [4.78, 5) is 0. The molecule has 7 atom stereocenters. The summed E-state index contributed by atoms with van der Waals surface area (Å²) in [5, 5.41) is 0. The van der Waals surface area contributed by atoms with Crippen LogP contribution in [-0.2, 0) is 0 Å². The average Bonchev–Trinajstić information content (AvgIpc) is 2.76. The zero-order valence-electron chi connectivity index (χ0n) is 14.6. The average molecular weight is 287 g/mol. The van der Waals surface area contributed by atoms with Crippen molar-refractivity contribution in [1.82, 2.24) is 0 Å². The van der Waals surface area contributed by atoms with Crippen molar-refractivity contribution >= 4 is 0 Å². The standard InChI is InChI=1S/C21H34/c1-14-9-11-21(4)16(13-14)6-7-17-18-8-5-15(2)20(18,3)12-10-19(17)21/h13-15,17-19H,5-12H2,1-4H3/t14-,15?,17?,18?,19?,20?,21?/m1/s1. The van der Waals surface area contributed by atoms with Gasteiger partial charge < -0.3 is 0 Å². The smallest absolute Gasteiger partial charge is 0.00851 e. The van der Waals surface area contributed by atoms with Gasteiger partial charge in [0.05, 0.1) is 0 Å². The predicted molar refractivity (Wildman–Crippen MR) is 90.0 cm³/mol. The molecule has 0 aromatic rings. The van der Waals surface area contributed by atoms with Gasteiger partial charge in [0, 0.05) is 0 Å². The molecular formula is C21H34. The Bertz CT molecular complexity index is 461. The van der Waals surface area contributed by atoms with Gasteiger partial charge in [-0.3, -0.25) is 0 Å². The lowest BCUT2D eigenvalue weighted by atomic mass is 9.46. The summed E-state index contributed by atoms with van der Waals surface area (Å²) in [7, 11) is 0. The van der Waals surface area contributed by atoms with E-state index >= 15 is 0 Å². The van der Waals surface area contributed by atoms with Gasteiger partial charge in [-0.2, -0.15) is 0 Å². The maximum absolute atomic E-state index is 2.67. The molecule has 4 rings (SSSR count). The Labute approximate surface area is 131 Å². The van der Waals surface area contributed by atoms with Gasteiger partial charge in [-0.1, -0.05) is 39.3 Å². The van der Waals surface area contributed by atoms with Crippen molar-refractivity contribution in [1.29, 1.82) is 0 Å². The number of hydrogen-bond acceptors (Lipinski definition) is 0. The van der Waals surface area contributed by atoms with Crippen LogP contribution in [0.1, 0.15) is 79.1 Å². The SMILES string of the molecule is CC1CCC2C3CCC4=C[C@H](C)CCC4(C)C3CCC12C. The van der Waals surface area contributed by atoms with Gasteiger partial charge in [-0.15, -0.1) is 0 Å². The molecule has 0 N–H and O–H groups in total. The van der Waals surface area contributed by atoms with E-state index in [1.54, 1.807) is 0 Å². The molecule has 3 saturated carbocycles. The van der Waals surface area contributed by atoms with E-state index in [0.717, 1.165) is 29.6 Å². The van der Waals surface area contributed by atoms with Gasteiger partial charge in [0.15, 0.2) is 0 Å². The quantitative estimate of drug-likeness (QED) is 0.464. The molecule has 0 aliphatic heterocycles. The molecule has 21 heavy (non-hydrogen) atoms. The van der Waals surface area contributed by atoms with Crippen LogP contribution in [0.2, 0.25) is 0 Å². The summed E-state index contributed by atoms with van der Waals surface area (Å²) in [5.41, 5.74) is 3.11. The summed E-state index contributed by atoms with van der Waals surface area (Å²) < 4.78 is 0. The van der Waals surface area contributed by atoms with Crippen LogP contribution in [0.5, 0.6) is 0 Å². The Balaban J connectivity index is 1.67. The number of rotatable bonds is 0. The molecule has 0 saturated heterocycles. The van der Waals surface area contributed by atoms with Crippen LogP contribution in [0, 0.1) is 40.4 Å². The fourth-order valence-corrected chi connectivity index (χ4v) is 7.16. The molecule has 0 bridgehead atoms. The van der Waals surface area contributed by atoms with Crippen LogP contribution in [-0.4, -0.2) is 0 Å².